The number of benzene rings is 1. The van der Waals surface area contributed by atoms with Crippen molar-refractivity contribution in [3.05, 3.63) is 30.3 Å². The number of para-hydroxylation sites is 1. The zero-order valence-corrected chi connectivity index (χ0v) is 15.8. The van der Waals surface area contributed by atoms with Crippen molar-refractivity contribution in [1.29, 1.82) is 0 Å². The van der Waals surface area contributed by atoms with Crippen molar-refractivity contribution in [2.24, 2.45) is 0 Å². The molecule has 0 aromatic heterocycles. The van der Waals surface area contributed by atoms with Crippen LogP contribution in [-0.2, 0) is 14.3 Å². The SMILES string of the molecule is CC(=O)N1CCN(CCC2CCC(O)C(C(=O)Nc3ccccc3)O2)CC1. The van der Waals surface area contributed by atoms with Gasteiger partial charge in [-0.15, -0.1) is 0 Å². The van der Waals surface area contributed by atoms with Gasteiger partial charge in [-0.3, -0.25) is 14.5 Å². The summed E-state index contributed by atoms with van der Waals surface area (Å²) in [4.78, 5) is 28.1. The Morgan fingerprint density at radius 3 is 2.52 bits per heavy atom. The minimum atomic E-state index is -0.835. The molecule has 148 valence electrons. The fourth-order valence-corrected chi connectivity index (χ4v) is 3.67. The number of amides is 2. The van der Waals surface area contributed by atoms with Gasteiger partial charge >= 0.3 is 0 Å². The largest absolute Gasteiger partial charge is 0.390 e. The molecule has 2 fully saturated rings. The van der Waals surface area contributed by atoms with Crippen LogP contribution in [0.15, 0.2) is 30.3 Å². The third-order valence-corrected chi connectivity index (χ3v) is 5.36. The van der Waals surface area contributed by atoms with Gasteiger partial charge in [-0.2, -0.15) is 0 Å². The number of carbonyl (C=O) groups is 2. The van der Waals surface area contributed by atoms with Crippen LogP contribution in [0.5, 0.6) is 0 Å². The van der Waals surface area contributed by atoms with E-state index in [1.807, 2.05) is 35.2 Å². The van der Waals surface area contributed by atoms with Gasteiger partial charge in [-0.1, -0.05) is 18.2 Å². The van der Waals surface area contributed by atoms with Crippen LogP contribution in [0.4, 0.5) is 5.69 Å². The molecule has 0 aliphatic carbocycles. The molecule has 3 atom stereocenters. The minimum absolute atomic E-state index is 0.0363. The first-order valence-electron chi connectivity index (χ1n) is 9.70. The normalized spacial score (nSPS) is 26.6. The van der Waals surface area contributed by atoms with Gasteiger partial charge in [-0.05, 0) is 31.4 Å². The number of nitrogens with zero attached hydrogens (tertiary/aromatic N) is 2. The molecule has 0 bridgehead atoms. The summed E-state index contributed by atoms with van der Waals surface area (Å²) >= 11 is 0. The van der Waals surface area contributed by atoms with E-state index >= 15 is 0 Å². The summed E-state index contributed by atoms with van der Waals surface area (Å²) in [5, 5.41) is 13.0. The van der Waals surface area contributed by atoms with Crippen LogP contribution in [0, 0.1) is 0 Å². The molecule has 2 heterocycles. The molecule has 1 aromatic rings. The first kappa shape index (κ1) is 19.8. The summed E-state index contributed by atoms with van der Waals surface area (Å²) < 4.78 is 5.93. The molecule has 2 N–H and O–H groups in total. The van der Waals surface area contributed by atoms with E-state index in [4.69, 9.17) is 4.74 Å². The van der Waals surface area contributed by atoms with E-state index in [2.05, 4.69) is 10.2 Å². The highest BCUT2D eigenvalue weighted by atomic mass is 16.5. The first-order valence-corrected chi connectivity index (χ1v) is 9.70. The van der Waals surface area contributed by atoms with Gasteiger partial charge < -0.3 is 20.1 Å². The summed E-state index contributed by atoms with van der Waals surface area (Å²) in [5.74, 6) is -0.167. The number of piperazine rings is 1. The highest BCUT2D eigenvalue weighted by Crippen LogP contribution is 2.23. The maximum Gasteiger partial charge on any atom is 0.256 e. The van der Waals surface area contributed by atoms with Crippen molar-refractivity contribution in [2.75, 3.05) is 38.0 Å². The maximum absolute atomic E-state index is 12.5. The Hall–Kier alpha value is -1.96. The Balaban J connectivity index is 1.46. The van der Waals surface area contributed by atoms with Gasteiger partial charge in [0.05, 0.1) is 12.2 Å². The number of aliphatic hydroxyl groups is 1. The molecular weight excluding hydrogens is 346 g/mol. The second-order valence-electron chi connectivity index (χ2n) is 7.32. The monoisotopic (exact) mass is 375 g/mol. The Labute approximate surface area is 160 Å². The number of ether oxygens (including phenoxy) is 1. The average molecular weight is 375 g/mol. The lowest BCUT2D eigenvalue weighted by molar-refractivity contribution is -0.153. The molecule has 3 unspecified atom stereocenters. The summed E-state index contributed by atoms with van der Waals surface area (Å²) in [5.41, 5.74) is 0.698. The molecule has 2 aliphatic heterocycles. The van der Waals surface area contributed by atoms with Crippen LogP contribution in [-0.4, -0.2) is 77.8 Å². The third-order valence-electron chi connectivity index (χ3n) is 5.36. The van der Waals surface area contributed by atoms with Crippen LogP contribution in [0.2, 0.25) is 0 Å². The average Bonchev–Trinajstić information content (AvgIpc) is 2.68. The summed E-state index contributed by atoms with van der Waals surface area (Å²) in [6.45, 7) is 5.75. The lowest BCUT2D eigenvalue weighted by atomic mass is 9.98. The molecule has 2 amide bonds. The molecule has 2 aliphatic rings. The molecule has 7 nitrogen and oxygen atoms in total. The van der Waals surface area contributed by atoms with Crippen molar-refractivity contribution < 1.29 is 19.4 Å². The van der Waals surface area contributed by atoms with Crippen LogP contribution in [0.3, 0.4) is 0 Å². The van der Waals surface area contributed by atoms with E-state index in [0.717, 1.165) is 45.6 Å². The van der Waals surface area contributed by atoms with Crippen molar-refractivity contribution in [3.8, 4) is 0 Å². The van der Waals surface area contributed by atoms with Gasteiger partial charge in [0.15, 0.2) is 6.10 Å². The smallest absolute Gasteiger partial charge is 0.256 e. The second-order valence-corrected chi connectivity index (χ2v) is 7.32. The highest BCUT2D eigenvalue weighted by molar-refractivity contribution is 5.94. The van der Waals surface area contributed by atoms with Gasteiger partial charge in [0, 0.05) is 45.3 Å². The third kappa shape index (κ3) is 5.51. The lowest BCUT2D eigenvalue weighted by Gasteiger charge is -2.37. The van der Waals surface area contributed by atoms with E-state index < -0.39 is 12.2 Å². The van der Waals surface area contributed by atoms with Crippen LogP contribution in [0.25, 0.3) is 0 Å². The molecule has 3 rings (SSSR count). The lowest BCUT2D eigenvalue weighted by Crippen LogP contribution is -2.50. The quantitative estimate of drug-likeness (QED) is 0.805. The molecule has 7 heteroatoms. The molecule has 0 spiro atoms. The van der Waals surface area contributed by atoms with Crippen molar-refractivity contribution in [1.82, 2.24) is 9.80 Å². The van der Waals surface area contributed by atoms with E-state index in [-0.39, 0.29) is 17.9 Å². The number of hydrogen-bond acceptors (Lipinski definition) is 5. The highest BCUT2D eigenvalue weighted by Gasteiger charge is 2.35. The molecule has 0 saturated carbocycles. The fourth-order valence-electron chi connectivity index (χ4n) is 3.67. The van der Waals surface area contributed by atoms with Crippen LogP contribution in [0.1, 0.15) is 26.2 Å². The molecule has 1 aromatic carbocycles. The minimum Gasteiger partial charge on any atom is -0.390 e. The number of nitrogens with one attached hydrogen (secondary N) is 1. The Bertz CT molecular complexity index is 631. The second kappa shape index (κ2) is 9.30. The predicted molar refractivity (Wildman–Crippen MR) is 102 cm³/mol. The van der Waals surface area contributed by atoms with Gasteiger partial charge in [-0.25, -0.2) is 0 Å². The summed E-state index contributed by atoms with van der Waals surface area (Å²) in [6.07, 6.45) is 0.495. The first-order chi connectivity index (χ1) is 13.0. The Morgan fingerprint density at radius 2 is 1.85 bits per heavy atom. The number of rotatable bonds is 5. The molecule has 0 radical (unpaired) electrons. The number of anilines is 1. The van der Waals surface area contributed by atoms with Gasteiger partial charge in [0.1, 0.15) is 0 Å². The Morgan fingerprint density at radius 1 is 1.15 bits per heavy atom. The molecule has 27 heavy (non-hydrogen) atoms. The fraction of sp³-hybridized carbons (Fsp3) is 0.600. The van der Waals surface area contributed by atoms with Crippen molar-refractivity contribution in [3.63, 3.8) is 0 Å². The van der Waals surface area contributed by atoms with Gasteiger partial charge in [0.2, 0.25) is 5.91 Å². The number of carbonyl (C=O) groups excluding carboxylic acids is 2. The standard InChI is InChI=1S/C20H29N3O4/c1-15(24)23-13-11-22(12-14-23)10-9-17-7-8-18(25)19(27-17)20(26)21-16-5-3-2-4-6-16/h2-6,17-19,25H,7-14H2,1H3,(H,21,26). The topological polar surface area (TPSA) is 82.1 Å². The number of aliphatic hydroxyl groups excluding tert-OH is 1. The van der Waals surface area contributed by atoms with E-state index in [9.17, 15) is 14.7 Å². The molecule has 2 saturated heterocycles. The zero-order valence-electron chi connectivity index (χ0n) is 15.8. The van der Waals surface area contributed by atoms with E-state index in [1.54, 1.807) is 6.92 Å². The van der Waals surface area contributed by atoms with E-state index in [1.165, 1.54) is 0 Å². The van der Waals surface area contributed by atoms with Crippen LogP contribution >= 0.6 is 0 Å². The van der Waals surface area contributed by atoms with E-state index in [0.29, 0.717) is 12.1 Å². The zero-order chi connectivity index (χ0) is 19.2. The van der Waals surface area contributed by atoms with Crippen molar-refractivity contribution in [2.45, 2.75) is 44.5 Å². The molecular formula is C20H29N3O4. The predicted octanol–water partition coefficient (Wildman–Crippen LogP) is 1.09. The summed E-state index contributed by atoms with van der Waals surface area (Å²) in [6, 6.07) is 9.20. The van der Waals surface area contributed by atoms with Crippen LogP contribution < -0.4 is 5.32 Å². The van der Waals surface area contributed by atoms with Crippen molar-refractivity contribution >= 4 is 17.5 Å². The van der Waals surface area contributed by atoms with Gasteiger partial charge in [0.25, 0.3) is 5.91 Å². The summed E-state index contributed by atoms with van der Waals surface area (Å²) in [7, 11) is 0. The maximum atomic E-state index is 12.5. The Kier molecular flexibility index (Phi) is 6.82. The number of hydrogen-bond donors (Lipinski definition) is 2.